The van der Waals surface area contributed by atoms with Crippen molar-refractivity contribution in [1.82, 2.24) is 9.80 Å². The van der Waals surface area contributed by atoms with Crippen molar-refractivity contribution >= 4 is 27.0 Å². The van der Waals surface area contributed by atoms with Crippen molar-refractivity contribution in [2.24, 2.45) is 5.73 Å². The summed E-state index contributed by atoms with van der Waals surface area (Å²) in [5.41, 5.74) is 5.75. The summed E-state index contributed by atoms with van der Waals surface area (Å²) in [6, 6.07) is 0.202. The summed E-state index contributed by atoms with van der Waals surface area (Å²) in [6.45, 7) is 6.78. The molecule has 7 heteroatoms. The van der Waals surface area contributed by atoms with Crippen LogP contribution in [0.25, 0.3) is 0 Å². The zero-order chi connectivity index (χ0) is 14.5. The van der Waals surface area contributed by atoms with Gasteiger partial charge in [0, 0.05) is 32.4 Å². The first-order valence-corrected chi connectivity index (χ1v) is 9.24. The van der Waals surface area contributed by atoms with E-state index in [2.05, 4.69) is 16.7 Å². The maximum Gasteiger partial charge on any atom is 0.147 e. The lowest BCUT2D eigenvalue weighted by Gasteiger charge is -2.38. The molecule has 1 saturated heterocycles. The van der Waals surface area contributed by atoms with Gasteiger partial charge in [0.15, 0.2) is 0 Å². The molecule has 1 aliphatic rings. The Labute approximate surface area is 122 Å². The molecule has 0 saturated carbocycles. The molecule has 0 amide bonds. The smallest absolute Gasteiger partial charge is 0.147 e. The molecule has 0 radical (unpaired) electrons. The van der Waals surface area contributed by atoms with Crippen molar-refractivity contribution in [3.63, 3.8) is 0 Å². The van der Waals surface area contributed by atoms with Crippen LogP contribution in [0.3, 0.4) is 0 Å². The fourth-order valence-corrected chi connectivity index (χ4v) is 3.46. The second-order valence-electron chi connectivity index (χ2n) is 5.19. The van der Waals surface area contributed by atoms with Gasteiger partial charge in [-0.25, -0.2) is 8.42 Å². The number of nitrogens with two attached hydrogens (primary N) is 1. The number of sulfone groups is 1. The number of piperazine rings is 1. The Morgan fingerprint density at radius 1 is 1.32 bits per heavy atom. The molecule has 1 heterocycles. The van der Waals surface area contributed by atoms with E-state index in [0.29, 0.717) is 11.4 Å². The predicted molar refractivity (Wildman–Crippen MR) is 83.2 cm³/mol. The van der Waals surface area contributed by atoms with E-state index in [-0.39, 0.29) is 11.8 Å². The van der Waals surface area contributed by atoms with Gasteiger partial charge < -0.3 is 10.6 Å². The van der Waals surface area contributed by atoms with Gasteiger partial charge in [-0.3, -0.25) is 4.90 Å². The van der Waals surface area contributed by atoms with E-state index in [1.807, 2.05) is 0 Å². The van der Waals surface area contributed by atoms with Gasteiger partial charge in [0.25, 0.3) is 0 Å². The van der Waals surface area contributed by atoms with Crippen LogP contribution in [-0.2, 0) is 9.84 Å². The molecule has 1 fully saturated rings. The maximum atomic E-state index is 11.1. The Morgan fingerprint density at radius 3 is 2.32 bits per heavy atom. The Hall–Kier alpha value is -0.240. The zero-order valence-electron chi connectivity index (χ0n) is 11.8. The predicted octanol–water partition coefficient (Wildman–Crippen LogP) is 0.103. The molecule has 1 aliphatic heterocycles. The van der Waals surface area contributed by atoms with Crippen LogP contribution in [-0.4, -0.2) is 74.0 Å². The second kappa shape index (κ2) is 7.52. The van der Waals surface area contributed by atoms with E-state index in [9.17, 15) is 8.42 Å². The molecule has 1 atom stereocenters. The molecular weight excluding hydrogens is 282 g/mol. The van der Waals surface area contributed by atoms with Crippen molar-refractivity contribution in [3.05, 3.63) is 0 Å². The van der Waals surface area contributed by atoms with Crippen LogP contribution in [0.15, 0.2) is 0 Å². The molecule has 112 valence electrons. The van der Waals surface area contributed by atoms with E-state index in [4.69, 9.17) is 18.0 Å². The molecule has 2 N–H and O–H groups in total. The van der Waals surface area contributed by atoms with Crippen LogP contribution in [0.1, 0.15) is 19.8 Å². The van der Waals surface area contributed by atoms with Gasteiger partial charge in [0.1, 0.15) is 9.84 Å². The van der Waals surface area contributed by atoms with Gasteiger partial charge in [-0.2, -0.15) is 0 Å². The van der Waals surface area contributed by atoms with Gasteiger partial charge in [-0.15, -0.1) is 0 Å². The highest BCUT2D eigenvalue weighted by Crippen LogP contribution is 2.10. The second-order valence-corrected chi connectivity index (χ2v) is 7.92. The maximum absolute atomic E-state index is 11.1. The van der Waals surface area contributed by atoms with Crippen molar-refractivity contribution in [1.29, 1.82) is 0 Å². The van der Waals surface area contributed by atoms with Crippen LogP contribution in [0, 0.1) is 0 Å². The highest BCUT2D eigenvalue weighted by Gasteiger charge is 2.24. The number of hydrogen-bond donors (Lipinski definition) is 1. The molecule has 1 rings (SSSR count). The standard InChI is InChI=1S/C12H25N3O2S2/c1-3-11(12(13)18)15-8-6-14(7-9-15)5-4-10-19(2,16)17/h11H,3-10H2,1-2H3,(H2,13,18). The Kier molecular flexibility index (Phi) is 6.65. The van der Waals surface area contributed by atoms with Gasteiger partial charge in [-0.1, -0.05) is 19.1 Å². The molecule has 0 aliphatic carbocycles. The van der Waals surface area contributed by atoms with E-state index in [0.717, 1.165) is 39.1 Å². The monoisotopic (exact) mass is 307 g/mol. The molecule has 0 bridgehead atoms. The lowest BCUT2D eigenvalue weighted by Crippen LogP contribution is -2.53. The van der Waals surface area contributed by atoms with Crippen molar-refractivity contribution < 1.29 is 8.42 Å². The minimum Gasteiger partial charge on any atom is -0.392 e. The normalized spacial score (nSPS) is 20.3. The van der Waals surface area contributed by atoms with Gasteiger partial charge >= 0.3 is 0 Å². The summed E-state index contributed by atoms with van der Waals surface area (Å²) in [5.74, 6) is 0.275. The van der Waals surface area contributed by atoms with Gasteiger partial charge in [0.05, 0.1) is 16.8 Å². The summed E-state index contributed by atoms with van der Waals surface area (Å²) in [4.78, 5) is 5.22. The largest absolute Gasteiger partial charge is 0.392 e. The van der Waals surface area contributed by atoms with Crippen LogP contribution < -0.4 is 5.73 Å². The van der Waals surface area contributed by atoms with Crippen LogP contribution in [0.2, 0.25) is 0 Å². The number of nitrogens with zero attached hydrogens (tertiary/aromatic N) is 2. The minimum atomic E-state index is -2.84. The summed E-state index contributed by atoms with van der Waals surface area (Å²) < 4.78 is 22.1. The van der Waals surface area contributed by atoms with Crippen LogP contribution in [0.4, 0.5) is 0 Å². The van der Waals surface area contributed by atoms with Crippen LogP contribution >= 0.6 is 12.2 Å². The fourth-order valence-electron chi connectivity index (χ4n) is 2.49. The molecular formula is C12H25N3O2S2. The summed E-state index contributed by atoms with van der Waals surface area (Å²) >= 11 is 5.09. The number of thiocarbonyl (C=S) groups is 1. The average Bonchev–Trinajstić information content (AvgIpc) is 2.30. The first-order valence-electron chi connectivity index (χ1n) is 6.77. The molecule has 1 unspecified atom stereocenters. The first kappa shape index (κ1) is 16.8. The molecule has 0 aromatic rings. The quantitative estimate of drug-likeness (QED) is 0.673. The van der Waals surface area contributed by atoms with E-state index in [1.165, 1.54) is 6.26 Å². The molecule has 5 nitrogen and oxygen atoms in total. The highest BCUT2D eigenvalue weighted by atomic mass is 32.2. The number of hydrogen-bond acceptors (Lipinski definition) is 5. The Morgan fingerprint density at radius 2 is 1.89 bits per heavy atom. The molecule has 0 aromatic heterocycles. The first-order chi connectivity index (χ1) is 8.83. The van der Waals surface area contributed by atoms with E-state index in [1.54, 1.807) is 0 Å². The van der Waals surface area contributed by atoms with Gasteiger partial charge in [0.2, 0.25) is 0 Å². The topological polar surface area (TPSA) is 66.6 Å². The third kappa shape index (κ3) is 6.16. The molecule has 19 heavy (non-hydrogen) atoms. The third-order valence-electron chi connectivity index (χ3n) is 3.55. The summed E-state index contributed by atoms with van der Waals surface area (Å²) in [5, 5.41) is 0. The Balaban J connectivity index is 2.31. The Bertz CT molecular complexity index is 390. The minimum absolute atomic E-state index is 0.202. The highest BCUT2D eigenvalue weighted by molar-refractivity contribution is 7.90. The van der Waals surface area contributed by atoms with E-state index < -0.39 is 9.84 Å². The van der Waals surface area contributed by atoms with E-state index >= 15 is 0 Å². The third-order valence-corrected chi connectivity index (χ3v) is 4.85. The zero-order valence-corrected chi connectivity index (χ0v) is 13.5. The SMILES string of the molecule is CCC(C(N)=S)N1CCN(CCCS(C)(=O)=O)CC1. The fraction of sp³-hybridized carbons (Fsp3) is 0.917. The number of rotatable bonds is 7. The molecule has 0 spiro atoms. The lowest BCUT2D eigenvalue weighted by molar-refractivity contribution is 0.117. The lowest BCUT2D eigenvalue weighted by atomic mass is 10.1. The van der Waals surface area contributed by atoms with Crippen molar-refractivity contribution in [2.75, 3.05) is 44.7 Å². The van der Waals surface area contributed by atoms with Gasteiger partial charge in [-0.05, 0) is 19.4 Å². The average molecular weight is 307 g/mol. The van der Waals surface area contributed by atoms with Crippen molar-refractivity contribution in [2.45, 2.75) is 25.8 Å². The summed E-state index contributed by atoms with van der Waals surface area (Å²) in [6.07, 6.45) is 2.95. The van der Waals surface area contributed by atoms with Crippen molar-refractivity contribution in [3.8, 4) is 0 Å². The van der Waals surface area contributed by atoms with Crippen LogP contribution in [0.5, 0.6) is 0 Å². The molecule has 0 aromatic carbocycles. The summed E-state index contributed by atoms with van der Waals surface area (Å²) in [7, 11) is -2.84.